The SMILES string of the molecule is CC(C)C(Cn1cc(C(=O)O)ccc1=O)C(C)C. The van der Waals surface area contributed by atoms with Gasteiger partial charge in [0.05, 0.1) is 5.56 Å². The van der Waals surface area contributed by atoms with E-state index in [-0.39, 0.29) is 11.1 Å². The average molecular weight is 251 g/mol. The Morgan fingerprint density at radius 3 is 2.22 bits per heavy atom. The number of aromatic nitrogens is 1. The molecule has 0 aliphatic carbocycles. The Hall–Kier alpha value is -1.58. The summed E-state index contributed by atoms with van der Waals surface area (Å²) in [6.07, 6.45) is 1.43. The smallest absolute Gasteiger partial charge is 0.337 e. The van der Waals surface area contributed by atoms with Gasteiger partial charge in [-0.15, -0.1) is 0 Å². The van der Waals surface area contributed by atoms with Gasteiger partial charge >= 0.3 is 5.97 Å². The number of nitrogens with zero attached hydrogens (tertiary/aromatic N) is 1. The normalized spacial score (nSPS) is 11.5. The first-order valence-corrected chi connectivity index (χ1v) is 6.26. The van der Waals surface area contributed by atoms with Crippen molar-refractivity contribution in [2.75, 3.05) is 0 Å². The minimum absolute atomic E-state index is 0.147. The van der Waals surface area contributed by atoms with Crippen molar-refractivity contribution in [2.45, 2.75) is 34.2 Å². The lowest BCUT2D eigenvalue weighted by atomic mass is 9.85. The molecule has 0 atom stereocenters. The van der Waals surface area contributed by atoms with E-state index in [0.29, 0.717) is 24.3 Å². The molecule has 0 bridgehead atoms. The third-order valence-corrected chi connectivity index (χ3v) is 3.35. The van der Waals surface area contributed by atoms with Gasteiger partial charge in [-0.2, -0.15) is 0 Å². The first kappa shape index (κ1) is 14.5. The van der Waals surface area contributed by atoms with Crippen LogP contribution < -0.4 is 5.56 Å². The molecule has 4 heteroatoms. The van der Waals surface area contributed by atoms with Crippen LogP contribution in [-0.4, -0.2) is 15.6 Å². The molecule has 1 aromatic rings. The largest absolute Gasteiger partial charge is 0.478 e. The van der Waals surface area contributed by atoms with Gasteiger partial charge in [0.25, 0.3) is 5.56 Å². The molecule has 0 aliphatic heterocycles. The van der Waals surface area contributed by atoms with Gasteiger partial charge < -0.3 is 9.67 Å². The second-order valence-corrected chi connectivity index (χ2v) is 5.37. The minimum Gasteiger partial charge on any atom is -0.478 e. The minimum atomic E-state index is -1.01. The van der Waals surface area contributed by atoms with Crippen LogP contribution >= 0.6 is 0 Å². The number of carboxylic acid groups (broad SMARTS) is 1. The third kappa shape index (κ3) is 3.45. The van der Waals surface area contributed by atoms with Crippen molar-refractivity contribution in [3.63, 3.8) is 0 Å². The predicted octanol–water partition coefficient (Wildman–Crippen LogP) is 2.47. The summed E-state index contributed by atoms with van der Waals surface area (Å²) in [6.45, 7) is 9.05. The van der Waals surface area contributed by atoms with Gasteiger partial charge in [-0.1, -0.05) is 27.7 Å². The number of hydrogen-bond donors (Lipinski definition) is 1. The summed E-state index contributed by atoms with van der Waals surface area (Å²) in [5.41, 5.74) is 0.00663. The average Bonchev–Trinajstić information content (AvgIpc) is 2.26. The molecule has 18 heavy (non-hydrogen) atoms. The lowest BCUT2D eigenvalue weighted by molar-refractivity contribution is 0.0695. The molecule has 0 amide bonds. The molecule has 0 radical (unpaired) electrons. The topological polar surface area (TPSA) is 59.3 Å². The standard InChI is InChI=1S/C14H21NO3/c1-9(2)12(10(3)4)8-15-7-11(14(17)18)5-6-13(15)16/h5-7,9-10,12H,8H2,1-4H3,(H,17,18). The van der Waals surface area contributed by atoms with Crippen LogP contribution in [-0.2, 0) is 6.54 Å². The van der Waals surface area contributed by atoms with E-state index >= 15 is 0 Å². The van der Waals surface area contributed by atoms with Gasteiger partial charge in [-0.3, -0.25) is 4.79 Å². The second kappa shape index (κ2) is 5.85. The Bertz CT molecular complexity index is 466. The van der Waals surface area contributed by atoms with Crippen LogP contribution in [0, 0.1) is 17.8 Å². The highest BCUT2D eigenvalue weighted by Crippen LogP contribution is 2.21. The van der Waals surface area contributed by atoms with Gasteiger partial charge in [0.1, 0.15) is 0 Å². The van der Waals surface area contributed by atoms with Crippen LogP contribution in [0.25, 0.3) is 0 Å². The van der Waals surface area contributed by atoms with Gasteiger partial charge in [0, 0.05) is 18.8 Å². The monoisotopic (exact) mass is 251 g/mol. The Labute approximate surface area is 107 Å². The molecule has 0 saturated heterocycles. The van der Waals surface area contributed by atoms with Crippen LogP contribution in [0.2, 0.25) is 0 Å². The van der Waals surface area contributed by atoms with Crippen LogP contribution in [0.3, 0.4) is 0 Å². The summed E-state index contributed by atoms with van der Waals surface area (Å²) in [6, 6.07) is 2.67. The van der Waals surface area contributed by atoms with E-state index in [1.54, 1.807) is 0 Å². The van der Waals surface area contributed by atoms with Crippen molar-refractivity contribution in [3.8, 4) is 0 Å². The number of hydrogen-bond acceptors (Lipinski definition) is 2. The number of carbonyl (C=O) groups is 1. The second-order valence-electron chi connectivity index (χ2n) is 5.37. The molecule has 1 heterocycles. The fourth-order valence-electron chi connectivity index (χ4n) is 2.22. The van der Waals surface area contributed by atoms with Crippen molar-refractivity contribution < 1.29 is 9.90 Å². The highest BCUT2D eigenvalue weighted by molar-refractivity contribution is 5.87. The predicted molar refractivity (Wildman–Crippen MR) is 70.8 cm³/mol. The number of rotatable bonds is 5. The molecule has 4 nitrogen and oxygen atoms in total. The van der Waals surface area contributed by atoms with E-state index in [1.807, 2.05) is 0 Å². The van der Waals surface area contributed by atoms with Gasteiger partial charge in [-0.25, -0.2) is 4.79 Å². The molecule has 0 aliphatic rings. The highest BCUT2D eigenvalue weighted by atomic mass is 16.4. The van der Waals surface area contributed by atoms with Crippen molar-refractivity contribution in [2.24, 2.45) is 17.8 Å². The van der Waals surface area contributed by atoms with E-state index < -0.39 is 5.97 Å². The maximum atomic E-state index is 11.7. The molecule has 0 saturated carbocycles. The molecule has 0 fully saturated rings. The summed E-state index contributed by atoms with van der Waals surface area (Å²) in [4.78, 5) is 22.6. The number of pyridine rings is 1. The lowest BCUT2D eigenvalue weighted by Crippen LogP contribution is -2.29. The summed E-state index contributed by atoms with van der Waals surface area (Å²) in [5.74, 6) is 0.247. The zero-order chi connectivity index (χ0) is 13.9. The van der Waals surface area contributed by atoms with Crippen LogP contribution in [0.4, 0.5) is 0 Å². The maximum Gasteiger partial charge on any atom is 0.337 e. The van der Waals surface area contributed by atoms with Gasteiger partial charge in [0.15, 0.2) is 0 Å². The summed E-state index contributed by atoms with van der Waals surface area (Å²) >= 11 is 0. The van der Waals surface area contributed by atoms with E-state index in [9.17, 15) is 9.59 Å². The summed E-state index contributed by atoms with van der Waals surface area (Å²) < 4.78 is 1.51. The molecule has 1 N–H and O–H groups in total. The zero-order valence-corrected chi connectivity index (χ0v) is 11.4. The Morgan fingerprint density at radius 1 is 1.22 bits per heavy atom. The van der Waals surface area contributed by atoms with Crippen molar-refractivity contribution >= 4 is 5.97 Å². The molecular formula is C14H21NO3. The quantitative estimate of drug-likeness (QED) is 0.874. The van der Waals surface area contributed by atoms with Gasteiger partial charge in [-0.05, 0) is 23.8 Å². The van der Waals surface area contributed by atoms with E-state index in [0.717, 1.165) is 0 Å². The number of aromatic carboxylic acids is 1. The van der Waals surface area contributed by atoms with Crippen LogP contribution in [0.15, 0.2) is 23.1 Å². The molecule has 100 valence electrons. The van der Waals surface area contributed by atoms with Crippen LogP contribution in [0.5, 0.6) is 0 Å². The number of carboxylic acids is 1. The first-order valence-electron chi connectivity index (χ1n) is 6.26. The first-order chi connectivity index (χ1) is 8.32. The van der Waals surface area contributed by atoms with Crippen molar-refractivity contribution in [3.05, 3.63) is 34.2 Å². The zero-order valence-electron chi connectivity index (χ0n) is 11.4. The Morgan fingerprint density at radius 2 is 1.78 bits per heavy atom. The lowest BCUT2D eigenvalue weighted by Gasteiger charge is -2.25. The molecule has 1 rings (SSSR count). The molecule has 0 aromatic carbocycles. The summed E-state index contributed by atoms with van der Waals surface area (Å²) in [7, 11) is 0. The molecule has 0 unspecified atom stereocenters. The fraction of sp³-hybridized carbons (Fsp3) is 0.571. The maximum absolute atomic E-state index is 11.7. The Balaban J connectivity index is 3.05. The van der Waals surface area contributed by atoms with Gasteiger partial charge in [0.2, 0.25) is 0 Å². The van der Waals surface area contributed by atoms with E-state index in [4.69, 9.17) is 5.11 Å². The Kier molecular flexibility index (Phi) is 4.70. The van der Waals surface area contributed by atoms with Crippen LogP contribution in [0.1, 0.15) is 38.1 Å². The molecule has 1 aromatic heterocycles. The highest BCUT2D eigenvalue weighted by Gasteiger charge is 2.19. The van der Waals surface area contributed by atoms with E-state index in [1.165, 1.54) is 22.9 Å². The fourth-order valence-corrected chi connectivity index (χ4v) is 2.22. The molecular weight excluding hydrogens is 230 g/mol. The van der Waals surface area contributed by atoms with Crippen molar-refractivity contribution in [1.82, 2.24) is 4.57 Å². The van der Waals surface area contributed by atoms with Crippen molar-refractivity contribution in [1.29, 1.82) is 0 Å². The van der Waals surface area contributed by atoms with E-state index in [2.05, 4.69) is 27.7 Å². The molecule has 0 spiro atoms. The summed E-state index contributed by atoms with van der Waals surface area (Å²) in [5, 5.41) is 8.94. The third-order valence-electron chi connectivity index (χ3n) is 3.35.